The predicted octanol–water partition coefficient (Wildman–Crippen LogP) is 8.70. The Kier molecular flexibility index (Phi) is 10.5. The molecule has 0 saturated carbocycles. The van der Waals surface area contributed by atoms with Crippen molar-refractivity contribution in [1.82, 2.24) is 20.2 Å². The number of halogens is 1. The molecule has 5 nitrogen and oxygen atoms in total. The Morgan fingerprint density at radius 1 is 1.12 bits per heavy atom. The zero-order valence-corrected chi connectivity index (χ0v) is 27.2. The van der Waals surface area contributed by atoms with Crippen molar-refractivity contribution in [2.45, 2.75) is 79.3 Å². The number of hydrogen-bond donors (Lipinski definition) is 1. The Balaban J connectivity index is 1.69. The molecule has 0 spiro atoms. The van der Waals surface area contributed by atoms with E-state index in [4.69, 9.17) is 26.6 Å². The molecule has 0 radical (unpaired) electrons. The number of benzene rings is 2. The van der Waals surface area contributed by atoms with E-state index in [2.05, 4.69) is 87.8 Å². The van der Waals surface area contributed by atoms with Crippen LogP contribution in [0.5, 0.6) is 0 Å². The fourth-order valence-corrected chi connectivity index (χ4v) is 6.26. The van der Waals surface area contributed by atoms with Crippen LogP contribution >= 0.6 is 11.6 Å². The van der Waals surface area contributed by atoms with Crippen molar-refractivity contribution in [1.29, 1.82) is 0 Å². The average Bonchev–Trinajstić information content (AvgIpc) is 3.31. The number of likely N-dealkylation sites (tertiary alicyclic amines) is 1. The van der Waals surface area contributed by atoms with Gasteiger partial charge in [-0.15, -0.1) is 0 Å². The molecule has 0 unspecified atom stereocenters. The first-order valence-electron chi connectivity index (χ1n) is 15.2. The second kappa shape index (κ2) is 13.9. The Morgan fingerprint density at radius 2 is 1.83 bits per heavy atom. The van der Waals surface area contributed by atoms with Gasteiger partial charge in [0.2, 0.25) is 0 Å². The summed E-state index contributed by atoms with van der Waals surface area (Å²) in [6.07, 6.45) is 8.03. The number of allylic oxidation sites excluding steroid dienone is 1. The topological polar surface area (TPSA) is 53.4 Å². The maximum absolute atomic E-state index is 7.20. The standard InChI is InChI=1S/C36H46ClN5/c1-9-30(24(4)23-42-20-14-19-36(42,6)7)40-31(10-2)29-18-13-17-28(35(29)37)26-15-12-16-27(25(26)5)33-22-39-34(21-38-8)32(11-3)41-33/h10,12-13,15-18,22,38H,4,9,11,14,19-21,23H2,1-3,5-8H3/b31-10-,40-30?. The summed E-state index contributed by atoms with van der Waals surface area (Å²) in [6, 6.07) is 12.5. The molecule has 42 heavy (non-hydrogen) atoms. The molecule has 1 fully saturated rings. The number of aromatic nitrogens is 2. The Bertz CT molecular complexity index is 1500. The van der Waals surface area contributed by atoms with Crippen LogP contribution < -0.4 is 5.32 Å². The van der Waals surface area contributed by atoms with Crippen molar-refractivity contribution in [3.8, 4) is 22.4 Å². The summed E-state index contributed by atoms with van der Waals surface area (Å²) < 4.78 is 0. The summed E-state index contributed by atoms with van der Waals surface area (Å²) in [5.41, 5.74) is 11.2. The summed E-state index contributed by atoms with van der Waals surface area (Å²) in [4.78, 5) is 17.4. The zero-order valence-electron chi connectivity index (χ0n) is 26.4. The molecule has 1 aliphatic heterocycles. The first kappa shape index (κ1) is 31.8. The van der Waals surface area contributed by atoms with Crippen LogP contribution in [-0.4, -0.2) is 46.3 Å². The van der Waals surface area contributed by atoms with Gasteiger partial charge in [-0.2, -0.15) is 0 Å². The third kappa shape index (κ3) is 6.75. The van der Waals surface area contributed by atoms with Crippen LogP contribution in [0.2, 0.25) is 5.02 Å². The summed E-state index contributed by atoms with van der Waals surface area (Å²) in [5.74, 6) is 0. The molecule has 6 heteroatoms. The van der Waals surface area contributed by atoms with Gasteiger partial charge in [0.1, 0.15) is 0 Å². The summed E-state index contributed by atoms with van der Waals surface area (Å²) in [5, 5.41) is 3.88. The minimum Gasteiger partial charge on any atom is -0.314 e. The Hall–Kier alpha value is -3.12. The number of nitrogens with one attached hydrogen (secondary N) is 1. The zero-order chi connectivity index (χ0) is 30.4. The lowest BCUT2D eigenvalue weighted by Crippen LogP contribution is -2.40. The molecule has 2 aromatic carbocycles. The first-order chi connectivity index (χ1) is 20.1. The van der Waals surface area contributed by atoms with E-state index in [0.717, 1.165) is 87.8 Å². The van der Waals surface area contributed by atoms with Gasteiger partial charge in [0, 0.05) is 41.0 Å². The highest BCUT2D eigenvalue weighted by Gasteiger charge is 2.32. The van der Waals surface area contributed by atoms with Crippen LogP contribution in [0.1, 0.15) is 76.4 Å². The molecule has 1 aliphatic rings. The van der Waals surface area contributed by atoms with Crippen LogP contribution in [0, 0.1) is 6.92 Å². The SMILES string of the molecule is C=C(CN1CCCC1(C)C)C(CC)=N/C(=C\C)c1cccc(-c2cccc(-c3cnc(CNC)c(CC)n3)c2C)c1Cl. The average molecular weight is 584 g/mol. The summed E-state index contributed by atoms with van der Waals surface area (Å²) in [7, 11) is 1.93. The largest absolute Gasteiger partial charge is 0.314 e. The minimum absolute atomic E-state index is 0.202. The van der Waals surface area contributed by atoms with Gasteiger partial charge in [-0.05, 0) is 83.7 Å². The lowest BCUT2D eigenvalue weighted by molar-refractivity contribution is 0.193. The molecule has 0 bridgehead atoms. The second-order valence-corrected chi connectivity index (χ2v) is 12.1. The van der Waals surface area contributed by atoms with Crippen molar-refractivity contribution in [2.75, 3.05) is 20.1 Å². The fraction of sp³-hybridized carbons (Fsp3) is 0.417. The number of aliphatic imine (C=N–C) groups is 1. The third-order valence-corrected chi connectivity index (χ3v) is 8.92. The van der Waals surface area contributed by atoms with Crippen LogP contribution in [0.4, 0.5) is 0 Å². The van der Waals surface area contributed by atoms with Gasteiger partial charge < -0.3 is 5.32 Å². The van der Waals surface area contributed by atoms with Crippen molar-refractivity contribution < 1.29 is 0 Å². The first-order valence-corrected chi connectivity index (χ1v) is 15.6. The predicted molar refractivity (Wildman–Crippen MR) is 180 cm³/mol. The number of aryl methyl sites for hydroxylation is 1. The third-order valence-electron chi connectivity index (χ3n) is 8.51. The quantitative estimate of drug-likeness (QED) is 0.229. The highest BCUT2D eigenvalue weighted by atomic mass is 35.5. The lowest BCUT2D eigenvalue weighted by Gasteiger charge is -2.32. The van der Waals surface area contributed by atoms with Gasteiger partial charge in [0.15, 0.2) is 0 Å². The fourth-order valence-electron chi connectivity index (χ4n) is 5.93. The molecular formula is C36H46ClN5. The monoisotopic (exact) mass is 583 g/mol. The van der Waals surface area contributed by atoms with Crippen molar-refractivity contribution in [2.24, 2.45) is 4.99 Å². The highest BCUT2D eigenvalue weighted by Crippen LogP contribution is 2.39. The maximum atomic E-state index is 7.20. The maximum Gasteiger partial charge on any atom is 0.0891 e. The molecule has 0 amide bonds. The van der Waals surface area contributed by atoms with Crippen molar-refractivity contribution in [3.05, 3.63) is 88.4 Å². The molecule has 222 valence electrons. The molecule has 1 saturated heterocycles. The summed E-state index contributed by atoms with van der Waals surface area (Å²) in [6.45, 7) is 20.2. The molecular weight excluding hydrogens is 538 g/mol. The molecule has 4 rings (SSSR count). The van der Waals surface area contributed by atoms with E-state index in [1.54, 1.807) is 0 Å². The van der Waals surface area contributed by atoms with E-state index in [1.807, 2.05) is 26.2 Å². The lowest BCUT2D eigenvalue weighted by atomic mass is 9.93. The van der Waals surface area contributed by atoms with Gasteiger partial charge in [-0.1, -0.05) is 74.5 Å². The number of rotatable bonds is 11. The van der Waals surface area contributed by atoms with Crippen molar-refractivity contribution in [3.63, 3.8) is 0 Å². The van der Waals surface area contributed by atoms with Crippen LogP contribution in [0.15, 0.2) is 65.8 Å². The minimum atomic E-state index is 0.202. The van der Waals surface area contributed by atoms with Gasteiger partial charge in [0.05, 0.1) is 34.0 Å². The molecule has 3 aromatic rings. The van der Waals surface area contributed by atoms with E-state index >= 15 is 0 Å². The molecule has 1 N–H and O–H groups in total. The number of nitrogens with zero attached hydrogens (tertiary/aromatic N) is 4. The van der Waals surface area contributed by atoms with E-state index in [9.17, 15) is 0 Å². The van der Waals surface area contributed by atoms with Crippen molar-refractivity contribution >= 4 is 23.0 Å². The van der Waals surface area contributed by atoms with Crippen LogP contribution in [0.25, 0.3) is 28.1 Å². The summed E-state index contributed by atoms with van der Waals surface area (Å²) >= 11 is 7.20. The number of hydrogen-bond acceptors (Lipinski definition) is 5. The second-order valence-electron chi connectivity index (χ2n) is 11.7. The molecule has 0 aliphatic carbocycles. The highest BCUT2D eigenvalue weighted by molar-refractivity contribution is 6.35. The van der Waals surface area contributed by atoms with E-state index < -0.39 is 0 Å². The normalized spacial score (nSPS) is 15.8. The van der Waals surface area contributed by atoms with Crippen LogP contribution in [0.3, 0.4) is 0 Å². The smallest absolute Gasteiger partial charge is 0.0891 e. The van der Waals surface area contributed by atoms with Gasteiger partial charge in [-0.3, -0.25) is 14.9 Å². The van der Waals surface area contributed by atoms with Crippen LogP contribution in [-0.2, 0) is 13.0 Å². The Labute approximate surface area is 257 Å². The van der Waals surface area contributed by atoms with Gasteiger partial charge >= 0.3 is 0 Å². The van der Waals surface area contributed by atoms with E-state index in [1.165, 1.54) is 12.8 Å². The molecule has 0 atom stereocenters. The van der Waals surface area contributed by atoms with Gasteiger partial charge in [0.25, 0.3) is 0 Å². The van der Waals surface area contributed by atoms with E-state index in [-0.39, 0.29) is 5.54 Å². The van der Waals surface area contributed by atoms with Gasteiger partial charge in [-0.25, -0.2) is 4.98 Å². The molecule has 1 aromatic heterocycles. The molecule has 2 heterocycles. The van der Waals surface area contributed by atoms with E-state index in [0.29, 0.717) is 11.6 Å². The Morgan fingerprint density at radius 3 is 2.48 bits per heavy atom.